The van der Waals surface area contributed by atoms with Crippen LogP contribution in [-0.4, -0.2) is 22.8 Å². The lowest BCUT2D eigenvalue weighted by molar-refractivity contribution is 0.0537. The van der Waals surface area contributed by atoms with Crippen molar-refractivity contribution in [3.63, 3.8) is 0 Å². The van der Waals surface area contributed by atoms with Crippen LogP contribution in [0.2, 0.25) is 0 Å². The van der Waals surface area contributed by atoms with E-state index in [1.165, 1.54) is 0 Å². The van der Waals surface area contributed by atoms with Crippen molar-refractivity contribution in [3.05, 3.63) is 6.29 Å². The van der Waals surface area contributed by atoms with Gasteiger partial charge in [0.2, 0.25) is 6.29 Å². The van der Waals surface area contributed by atoms with E-state index in [-0.39, 0.29) is 6.04 Å². The summed E-state index contributed by atoms with van der Waals surface area (Å²) in [6.07, 6.45) is 1.42. The Hall–Kier alpha value is -0.120. The first-order valence-electron chi connectivity index (χ1n) is 2.79. The van der Waals surface area contributed by atoms with E-state index < -0.39 is 6.29 Å². The van der Waals surface area contributed by atoms with Crippen molar-refractivity contribution in [2.45, 2.75) is 18.9 Å². The standard InChI is InChI=1S/C5H10NO2/c7-5(8)4-2-1-3-6-4/h4,6-8H,1-3H2. The first-order valence-corrected chi connectivity index (χ1v) is 2.79. The van der Waals surface area contributed by atoms with Gasteiger partial charge < -0.3 is 15.5 Å². The molecule has 3 nitrogen and oxygen atoms in total. The summed E-state index contributed by atoms with van der Waals surface area (Å²) in [4.78, 5) is 0. The molecule has 1 fully saturated rings. The molecule has 1 rings (SSSR count). The molecule has 0 aromatic carbocycles. The molecule has 47 valence electrons. The summed E-state index contributed by atoms with van der Waals surface area (Å²) >= 11 is 0. The number of hydrogen-bond donors (Lipinski definition) is 3. The molecule has 0 aliphatic carbocycles. The van der Waals surface area contributed by atoms with Crippen molar-refractivity contribution < 1.29 is 10.2 Å². The number of rotatable bonds is 1. The Morgan fingerprint density at radius 1 is 1.50 bits per heavy atom. The Labute approximate surface area is 48.3 Å². The average molecular weight is 116 g/mol. The van der Waals surface area contributed by atoms with E-state index >= 15 is 0 Å². The van der Waals surface area contributed by atoms with E-state index in [0.29, 0.717) is 0 Å². The van der Waals surface area contributed by atoms with E-state index in [1.807, 2.05) is 0 Å². The third kappa shape index (κ3) is 1.18. The average Bonchev–Trinajstić information content (AvgIpc) is 2.12. The molecule has 1 radical (unpaired) electrons. The lowest BCUT2D eigenvalue weighted by Gasteiger charge is -2.08. The van der Waals surface area contributed by atoms with Gasteiger partial charge in [0.25, 0.3) is 0 Å². The second-order valence-corrected chi connectivity index (χ2v) is 2.01. The Balaban J connectivity index is 2.24. The normalized spacial score (nSPS) is 29.6. The fourth-order valence-corrected chi connectivity index (χ4v) is 0.905. The Morgan fingerprint density at radius 3 is 2.50 bits per heavy atom. The second-order valence-electron chi connectivity index (χ2n) is 2.01. The molecule has 0 saturated carbocycles. The molecule has 0 spiro atoms. The van der Waals surface area contributed by atoms with Gasteiger partial charge in [-0.1, -0.05) is 0 Å². The predicted molar refractivity (Wildman–Crippen MR) is 28.1 cm³/mol. The lowest BCUT2D eigenvalue weighted by atomic mass is 10.2. The van der Waals surface area contributed by atoms with Crippen LogP contribution in [0.15, 0.2) is 0 Å². The molecular formula is C5H10NO2. The van der Waals surface area contributed by atoms with Gasteiger partial charge in [-0.2, -0.15) is 0 Å². The number of aliphatic hydroxyl groups excluding tert-OH is 1. The number of aliphatic hydroxyl groups is 2. The summed E-state index contributed by atoms with van der Waals surface area (Å²) < 4.78 is 0. The molecule has 3 N–H and O–H groups in total. The van der Waals surface area contributed by atoms with Crippen molar-refractivity contribution in [1.29, 1.82) is 0 Å². The van der Waals surface area contributed by atoms with Crippen molar-refractivity contribution in [1.82, 2.24) is 5.32 Å². The molecule has 1 atom stereocenters. The summed E-state index contributed by atoms with van der Waals surface area (Å²) in [6.45, 7) is 0.898. The molecule has 1 unspecified atom stereocenters. The van der Waals surface area contributed by atoms with E-state index in [0.717, 1.165) is 19.4 Å². The molecule has 1 aliphatic rings. The third-order valence-electron chi connectivity index (χ3n) is 1.37. The molecular weight excluding hydrogens is 106 g/mol. The van der Waals surface area contributed by atoms with Crippen LogP contribution >= 0.6 is 0 Å². The van der Waals surface area contributed by atoms with Gasteiger partial charge in [0.15, 0.2) is 0 Å². The van der Waals surface area contributed by atoms with Gasteiger partial charge in [-0.15, -0.1) is 0 Å². The van der Waals surface area contributed by atoms with E-state index in [4.69, 9.17) is 10.2 Å². The highest BCUT2D eigenvalue weighted by molar-refractivity contribution is 4.84. The molecule has 0 amide bonds. The molecule has 1 aliphatic heterocycles. The van der Waals surface area contributed by atoms with Gasteiger partial charge in [-0.25, -0.2) is 0 Å². The molecule has 8 heavy (non-hydrogen) atoms. The van der Waals surface area contributed by atoms with Crippen molar-refractivity contribution >= 4 is 0 Å². The van der Waals surface area contributed by atoms with Gasteiger partial charge >= 0.3 is 0 Å². The minimum atomic E-state index is -0.470. The topological polar surface area (TPSA) is 52.5 Å². The zero-order valence-electron chi connectivity index (χ0n) is 4.59. The minimum Gasteiger partial charge on any atom is -0.360 e. The van der Waals surface area contributed by atoms with Crippen LogP contribution in [0.25, 0.3) is 0 Å². The Kier molecular flexibility index (Phi) is 1.83. The third-order valence-corrected chi connectivity index (χ3v) is 1.37. The highest BCUT2D eigenvalue weighted by Crippen LogP contribution is 2.10. The first kappa shape index (κ1) is 6.01. The Bertz CT molecular complexity index is 68.8. The quantitative estimate of drug-likeness (QED) is 0.451. The number of nitrogens with one attached hydrogen (secondary N) is 1. The van der Waals surface area contributed by atoms with Crippen molar-refractivity contribution in [3.8, 4) is 0 Å². The van der Waals surface area contributed by atoms with E-state index in [2.05, 4.69) is 5.32 Å². The molecule has 0 aromatic rings. The smallest absolute Gasteiger partial charge is 0.235 e. The Morgan fingerprint density at radius 2 is 2.25 bits per heavy atom. The lowest BCUT2D eigenvalue weighted by Crippen LogP contribution is -2.28. The van der Waals surface area contributed by atoms with Gasteiger partial charge in [0.05, 0.1) is 6.04 Å². The second kappa shape index (κ2) is 2.44. The zero-order chi connectivity index (χ0) is 5.98. The van der Waals surface area contributed by atoms with Crippen LogP contribution in [0.1, 0.15) is 12.8 Å². The fraction of sp³-hybridized carbons (Fsp3) is 0.800. The van der Waals surface area contributed by atoms with Crippen LogP contribution in [0.4, 0.5) is 0 Å². The number of hydrogen-bond acceptors (Lipinski definition) is 3. The van der Waals surface area contributed by atoms with Gasteiger partial charge in [0, 0.05) is 0 Å². The molecule has 3 heteroatoms. The molecule has 1 saturated heterocycles. The summed E-state index contributed by atoms with van der Waals surface area (Å²) in [6, 6.07) is -0.157. The van der Waals surface area contributed by atoms with Crippen LogP contribution in [0.5, 0.6) is 0 Å². The van der Waals surface area contributed by atoms with Crippen molar-refractivity contribution in [2.24, 2.45) is 0 Å². The maximum Gasteiger partial charge on any atom is 0.235 e. The largest absolute Gasteiger partial charge is 0.360 e. The van der Waals surface area contributed by atoms with Crippen LogP contribution < -0.4 is 5.32 Å². The predicted octanol–water partition coefficient (Wildman–Crippen LogP) is -0.0271. The van der Waals surface area contributed by atoms with E-state index in [1.54, 1.807) is 0 Å². The highest BCUT2D eigenvalue weighted by atomic mass is 16.5. The van der Waals surface area contributed by atoms with Gasteiger partial charge in [-0.05, 0) is 19.4 Å². The zero-order valence-corrected chi connectivity index (χ0v) is 4.59. The fourth-order valence-electron chi connectivity index (χ4n) is 0.905. The van der Waals surface area contributed by atoms with Gasteiger partial charge in [-0.3, -0.25) is 0 Å². The molecule has 0 aromatic heterocycles. The van der Waals surface area contributed by atoms with Crippen LogP contribution in [0, 0.1) is 6.29 Å². The summed E-state index contributed by atoms with van der Waals surface area (Å²) in [5, 5.41) is 19.8. The summed E-state index contributed by atoms with van der Waals surface area (Å²) in [5.41, 5.74) is 0. The van der Waals surface area contributed by atoms with Crippen LogP contribution in [-0.2, 0) is 0 Å². The van der Waals surface area contributed by atoms with Gasteiger partial charge in [0.1, 0.15) is 0 Å². The monoisotopic (exact) mass is 116 g/mol. The maximum atomic E-state index is 8.46. The summed E-state index contributed by atoms with van der Waals surface area (Å²) in [7, 11) is 0. The summed E-state index contributed by atoms with van der Waals surface area (Å²) in [5.74, 6) is 0. The van der Waals surface area contributed by atoms with Crippen LogP contribution in [0.3, 0.4) is 0 Å². The first-order chi connectivity index (χ1) is 3.80. The van der Waals surface area contributed by atoms with E-state index in [9.17, 15) is 0 Å². The molecule has 1 heterocycles. The maximum absolute atomic E-state index is 8.46. The molecule has 0 bridgehead atoms. The van der Waals surface area contributed by atoms with Crippen molar-refractivity contribution in [2.75, 3.05) is 6.54 Å². The minimum absolute atomic E-state index is 0.157. The highest BCUT2D eigenvalue weighted by Gasteiger charge is 2.21. The SMILES string of the molecule is O[C](O)C1CCCN1.